The van der Waals surface area contributed by atoms with Crippen molar-refractivity contribution in [3.63, 3.8) is 0 Å². The number of halogens is 1. The van der Waals surface area contributed by atoms with E-state index in [0.29, 0.717) is 5.56 Å². The number of benzene rings is 1. The molecule has 0 atom stereocenters. The lowest BCUT2D eigenvalue weighted by atomic mass is 10.2. The standard InChI is InChI=1S/C10H10ClN3O4/c1-2-18-10(15)13-12-6-7-5-8(14(16)17)3-4-9(7)11/h3-6H,2H2,1H3,(H,13,15). The third-order valence-electron chi connectivity index (χ3n) is 1.83. The second kappa shape index (κ2) is 6.55. The predicted molar refractivity (Wildman–Crippen MR) is 65.9 cm³/mol. The van der Waals surface area contributed by atoms with Crippen LogP contribution in [0.1, 0.15) is 12.5 Å². The summed E-state index contributed by atoms with van der Waals surface area (Å²) in [4.78, 5) is 20.9. The number of hydrogen-bond acceptors (Lipinski definition) is 5. The Morgan fingerprint density at radius 3 is 3.00 bits per heavy atom. The quantitative estimate of drug-likeness (QED) is 0.516. The van der Waals surface area contributed by atoms with Crippen LogP contribution < -0.4 is 5.43 Å². The molecule has 18 heavy (non-hydrogen) atoms. The third-order valence-corrected chi connectivity index (χ3v) is 2.17. The summed E-state index contributed by atoms with van der Waals surface area (Å²) in [6, 6.07) is 3.91. The Hall–Kier alpha value is -2.15. The summed E-state index contributed by atoms with van der Waals surface area (Å²) in [5, 5.41) is 14.4. The van der Waals surface area contributed by atoms with E-state index in [2.05, 4.69) is 15.3 Å². The van der Waals surface area contributed by atoms with E-state index in [4.69, 9.17) is 11.6 Å². The van der Waals surface area contributed by atoms with Gasteiger partial charge < -0.3 is 4.74 Å². The largest absolute Gasteiger partial charge is 0.449 e. The summed E-state index contributed by atoms with van der Waals surface area (Å²) in [7, 11) is 0. The molecule has 0 aliphatic rings. The molecule has 8 heteroatoms. The summed E-state index contributed by atoms with van der Waals surface area (Å²) < 4.78 is 4.57. The second-order valence-electron chi connectivity index (χ2n) is 3.05. The van der Waals surface area contributed by atoms with Crippen LogP contribution in [0, 0.1) is 10.1 Å². The van der Waals surface area contributed by atoms with Crippen molar-refractivity contribution in [1.82, 2.24) is 5.43 Å². The molecule has 1 rings (SSSR count). The molecule has 1 aromatic carbocycles. The van der Waals surface area contributed by atoms with E-state index in [9.17, 15) is 14.9 Å². The lowest BCUT2D eigenvalue weighted by Gasteiger charge is -2.00. The molecule has 1 amide bonds. The van der Waals surface area contributed by atoms with Crippen LogP contribution >= 0.6 is 11.6 Å². The molecule has 7 nitrogen and oxygen atoms in total. The molecule has 0 heterocycles. The molecule has 0 aromatic heterocycles. The number of nitrogens with zero attached hydrogens (tertiary/aromatic N) is 2. The lowest BCUT2D eigenvalue weighted by Crippen LogP contribution is -2.18. The summed E-state index contributed by atoms with van der Waals surface area (Å²) in [6.45, 7) is 1.87. The number of rotatable bonds is 4. The average Bonchev–Trinajstić information content (AvgIpc) is 2.31. The van der Waals surface area contributed by atoms with Crippen LogP contribution in [0.15, 0.2) is 23.3 Å². The van der Waals surface area contributed by atoms with Gasteiger partial charge in [0.25, 0.3) is 5.69 Å². The minimum absolute atomic E-state index is 0.114. The molecule has 0 saturated carbocycles. The molecule has 96 valence electrons. The van der Waals surface area contributed by atoms with Gasteiger partial charge in [-0.05, 0) is 13.0 Å². The molecule has 0 aliphatic heterocycles. The Bertz CT molecular complexity index is 490. The fraction of sp³-hybridized carbons (Fsp3) is 0.200. The van der Waals surface area contributed by atoms with Gasteiger partial charge >= 0.3 is 6.09 Å². The van der Waals surface area contributed by atoms with Crippen molar-refractivity contribution in [2.24, 2.45) is 5.10 Å². The van der Waals surface area contributed by atoms with Gasteiger partial charge in [0.05, 0.1) is 17.7 Å². The average molecular weight is 272 g/mol. The lowest BCUT2D eigenvalue weighted by molar-refractivity contribution is -0.384. The van der Waals surface area contributed by atoms with Crippen molar-refractivity contribution >= 4 is 29.6 Å². The maximum atomic E-state index is 10.9. The van der Waals surface area contributed by atoms with Crippen molar-refractivity contribution in [3.05, 3.63) is 38.9 Å². The highest BCUT2D eigenvalue weighted by Gasteiger charge is 2.08. The van der Waals surface area contributed by atoms with E-state index < -0.39 is 11.0 Å². The van der Waals surface area contributed by atoms with Crippen molar-refractivity contribution in [2.75, 3.05) is 6.61 Å². The summed E-state index contributed by atoms with van der Waals surface area (Å²) in [5.41, 5.74) is 2.30. The van der Waals surface area contributed by atoms with Crippen molar-refractivity contribution in [1.29, 1.82) is 0 Å². The highest BCUT2D eigenvalue weighted by atomic mass is 35.5. The molecule has 1 aromatic rings. The Morgan fingerprint density at radius 1 is 1.67 bits per heavy atom. The maximum absolute atomic E-state index is 10.9. The van der Waals surface area contributed by atoms with Crippen LogP contribution in [0.3, 0.4) is 0 Å². The van der Waals surface area contributed by atoms with Gasteiger partial charge in [-0.1, -0.05) is 11.6 Å². The molecular formula is C10H10ClN3O4. The molecule has 0 spiro atoms. The van der Waals surface area contributed by atoms with Crippen LogP contribution in [-0.2, 0) is 4.74 Å². The number of carbonyl (C=O) groups excluding carboxylic acids is 1. The maximum Gasteiger partial charge on any atom is 0.427 e. The van der Waals surface area contributed by atoms with Gasteiger partial charge in [0, 0.05) is 22.7 Å². The molecule has 0 fully saturated rings. The number of hydrazone groups is 1. The molecule has 0 aliphatic carbocycles. The summed E-state index contributed by atoms with van der Waals surface area (Å²) >= 11 is 5.82. The number of ether oxygens (including phenoxy) is 1. The summed E-state index contributed by atoms with van der Waals surface area (Å²) in [6.07, 6.45) is 0.488. The van der Waals surface area contributed by atoms with E-state index in [0.717, 1.165) is 0 Å². The van der Waals surface area contributed by atoms with Gasteiger partial charge in [0.2, 0.25) is 0 Å². The van der Waals surface area contributed by atoms with Crippen molar-refractivity contribution in [2.45, 2.75) is 6.92 Å². The molecule has 0 saturated heterocycles. The fourth-order valence-electron chi connectivity index (χ4n) is 1.06. The Morgan fingerprint density at radius 2 is 2.39 bits per heavy atom. The number of nitro groups is 1. The van der Waals surface area contributed by atoms with E-state index >= 15 is 0 Å². The Labute approximate surface area is 108 Å². The van der Waals surface area contributed by atoms with E-state index in [1.54, 1.807) is 6.92 Å². The topological polar surface area (TPSA) is 93.8 Å². The van der Waals surface area contributed by atoms with Gasteiger partial charge in [0.1, 0.15) is 0 Å². The van der Waals surface area contributed by atoms with Crippen molar-refractivity contribution < 1.29 is 14.5 Å². The van der Waals surface area contributed by atoms with Gasteiger partial charge in [0.15, 0.2) is 0 Å². The molecule has 0 bridgehead atoms. The van der Waals surface area contributed by atoms with Gasteiger partial charge in [-0.2, -0.15) is 5.10 Å². The van der Waals surface area contributed by atoms with Gasteiger partial charge in [-0.15, -0.1) is 0 Å². The first-order valence-electron chi connectivity index (χ1n) is 4.94. The molecule has 1 N–H and O–H groups in total. The zero-order valence-electron chi connectivity index (χ0n) is 9.42. The number of carbonyl (C=O) groups is 1. The van der Waals surface area contributed by atoms with Gasteiger partial charge in [-0.25, -0.2) is 10.2 Å². The minimum atomic E-state index is -0.713. The van der Waals surface area contributed by atoms with Crippen LogP contribution in [0.25, 0.3) is 0 Å². The highest BCUT2D eigenvalue weighted by Crippen LogP contribution is 2.20. The smallest absolute Gasteiger partial charge is 0.427 e. The first-order chi connectivity index (χ1) is 8.54. The fourth-order valence-corrected chi connectivity index (χ4v) is 1.23. The second-order valence-corrected chi connectivity index (χ2v) is 3.46. The summed E-state index contributed by atoms with van der Waals surface area (Å²) in [5.74, 6) is 0. The highest BCUT2D eigenvalue weighted by molar-refractivity contribution is 6.33. The van der Waals surface area contributed by atoms with Crippen LogP contribution in [0.5, 0.6) is 0 Å². The Kier molecular flexibility index (Phi) is 5.06. The van der Waals surface area contributed by atoms with Crippen LogP contribution in [0.2, 0.25) is 5.02 Å². The first-order valence-corrected chi connectivity index (χ1v) is 5.32. The molecule has 0 radical (unpaired) electrons. The molecule has 0 unspecified atom stereocenters. The van der Waals surface area contributed by atoms with Crippen molar-refractivity contribution in [3.8, 4) is 0 Å². The zero-order valence-corrected chi connectivity index (χ0v) is 10.2. The third kappa shape index (κ3) is 4.02. The monoisotopic (exact) mass is 271 g/mol. The van der Waals surface area contributed by atoms with E-state index in [1.807, 2.05) is 0 Å². The van der Waals surface area contributed by atoms with E-state index in [1.165, 1.54) is 24.4 Å². The predicted octanol–water partition coefficient (Wildman–Crippen LogP) is 2.33. The number of non-ortho nitro benzene ring substituents is 1. The first kappa shape index (κ1) is 13.9. The number of amides is 1. The zero-order chi connectivity index (χ0) is 13.5. The number of hydrogen-bond donors (Lipinski definition) is 1. The molecular weight excluding hydrogens is 262 g/mol. The minimum Gasteiger partial charge on any atom is -0.449 e. The Balaban J connectivity index is 2.77. The number of nitrogens with one attached hydrogen (secondary N) is 1. The van der Waals surface area contributed by atoms with Crippen LogP contribution in [-0.4, -0.2) is 23.8 Å². The van der Waals surface area contributed by atoms with E-state index in [-0.39, 0.29) is 17.3 Å². The normalized spacial score (nSPS) is 10.3. The number of nitro benzene ring substituents is 1. The van der Waals surface area contributed by atoms with Crippen LogP contribution in [0.4, 0.5) is 10.5 Å². The SMILES string of the molecule is CCOC(=O)NN=Cc1cc([N+](=O)[O-])ccc1Cl. The van der Waals surface area contributed by atoms with Gasteiger partial charge in [-0.3, -0.25) is 10.1 Å².